The first kappa shape index (κ1) is 12.3. The predicted octanol–water partition coefficient (Wildman–Crippen LogP) is 1.46. The highest BCUT2D eigenvalue weighted by molar-refractivity contribution is 5.88. The number of rotatable bonds is 4. The highest BCUT2D eigenvalue weighted by Gasteiger charge is 2.23. The van der Waals surface area contributed by atoms with Crippen molar-refractivity contribution in [3.8, 4) is 5.75 Å². The van der Waals surface area contributed by atoms with Gasteiger partial charge in [-0.3, -0.25) is 10.1 Å². The van der Waals surface area contributed by atoms with E-state index in [0.717, 1.165) is 6.07 Å². The van der Waals surface area contributed by atoms with E-state index in [1.807, 2.05) is 0 Å². The van der Waals surface area contributed by atoms with Crippen LogP contribution >= 0.6 is 0 Å². The Bertz CT molecular complexity index is 480. The number of carboxylic acid groups (broad SMARTS) is 1. The Balaban J connectivity index is 2.28. The van der Waals surface area contributed by atoms with E-state index >= 15 is 0 Å². The molecule has 1 saturated heterocycles. The number of benzene rings is 1. The number of nitrogens with zero attached hydrogens (tertiary/aromatic N) is 1. The number of carbonyl (C=O) groups is 1. The predicted molar refractivity (Wildman–Crippen MR) is 59.9 cm³/mol. The Morgan fingerprint density at radius 2 is 2.33 bits per heavy atom. The molecule has 1 N–H and O–H groups in total. The summed E-state index contributed by atoms with van der Waals surface area (Å²) in [4.78, 5) is 21.0. The molecule has 0 saturated carbocycles. The lowest BCUT2D eigenvalue weighted by molar-refractivity contribution is -0.386. The number of aromatic carboxylic acids is 1. The third kappa shape index (κ3) is 2.57. The molecule has 0 aromatic heterocycles. The third-order valence-electron chi connectivity index (χ3n) is 2.58. The van der Waals surface area contributed by atoms with Gasteiger partial charge in [-0.15, -0.1) is 0 Å². The molecule has 1 heterocycles. The van der Waals surface area contributed by atoms with Crippen LogP contribution in [0, 0.1) is 10.1 Å². The van der Waals surface area contributed by atoms with Gasteiger partial charge in [-0.2, -0.15) is 0 Å². The lowest BCUT2D eigenvalue weighted by atomic mass is 10.2. The number of nitro benzene ring substituents is 1. The molecule has 2 rings (SSSR count). The molecule has 1 aliphatic heterocycles. The fraction of sp³-hybridized carbons (Fsp3) is 0.364. The van der Waals surface area contributed by atoms with Gasteiger partial charge in [0.05, 0.1) is 23.7 Å². The van der Waals surface area contributed by atoms with Crippen LogP contribution in [0.5, 0.6) is 5.75 Å². The molecule has 0 radical (unpaired) electrons. The largest absolute Gasteiger partial charge is 0.481 e. The van der Waals surface area contributed by atoms with E-state index in [1.165, 1.54) is 12.1 Å². The van der Waals surface area contributed by atoms with Crippen LogP contribution in [0.4, 0.5) is 5.69 Å². The van der Waals surface area contributed by atoms with Gasteiger partial charge in [-0.05, 0) is 12.1 Å². The SMILES string of the molecule is O=C(O)c1ccc(OC2CCOC2)c([N+](=O)[O-])c1. The third-order valence-corrected chi connectivity index (χ3v) is 2.58. The van der Waals surface area contributed by atoms with E-state index in [-0.39, 0.29) is 23.1 Å². The van der Waals surface area contributed by atoms with Gasteiger partial charge in [-0.1, -0.05) is 0 Å². The zero-order valence-corrected chi connectivity index (χ0v) is 9.37. The Morgan fingerprint density at radius 3 is 2.89 bits per heavy atom. The van der Waals surface area contributed by atoms with Crippen LogP contribution in [-0.2, 0) is 4.74 Å². The fourth-order valence-electron chi connectivity index (χ4n) is 1.68. The standard InChI is InChI=1S/C11H11NO6/c13-11(14)7-1-2-10(9(5-7)12(15)16)18-8-3-4-17-6-8/h1-2,5,8H,3-4,6H2,(H,13,14). The fourth-order valence-corrected chi connectivity index (χ4v) is 1.68. The Morgan fingerprint density at radius 1 is 1.56 bits per heavy atom. The lowest BCUT2D eigenvalue weighted by Gasteiger charge is -2.11. The van der Waals surface area contributed by atoms with Crippen molar-refractivity contribution in [1.82, 2.24) is 0 Å². The summed E-state index contributed by atoms with van der Waals surface area (Å²) in [6, 6.07) is 3.58. The van der Waals surface area contributed by atoms with Gasteiger partial charge in [0.2, 0.25) is 0 Å². The molecule has 0 bridgehead atoms. The maximum absolute atomic E-state index is 10.9. The van der Waals surface area contributed by atoms with Gasteiger partial charge < -0.3 is 14.6 Å². The summed E-state index contributed by atoms with van der Waals surface area (Å²) >= 11 is 0. The molecular weight excluding hydrogens is 242 g/mol. The van der Waals surface area contributed by atoms with E-state index in [4.69, 9.17) is 14.6 Å². The first-order valence-corrected chi connectivity index (χ1v) is 5.34. The van der Waals surface area contributed by atoms with Gasteiger partial charge in [-0.25, -0.2) is 4.79 Å². The van der Waals surface area contributed by atoms with Crippen molar-refractivity contribution in [1.29, 1.82) is 0 Å². The molecule has 7 heteroatoms. The van der Waals surface area contributed by atoms with Crippen LogP contribution in [0.15, 0.2) is 18.2 Å². The number of nitro groups is 1. The summed E-state index contributed by atoms with van der Waals surface area (Å²) in [7, 11) is 0. The second-order valence-electron chi connectivity index (χ2n) is 3.85. The van der Waals surface area contributed by atoms with Gasteiger partial charge >= 0.3 is 11.7 Å². The Hall–Kier alpha value is -2.15. The Labute approximate surface area is 102 Å². The summed E-state index contributed by atoms with van der Waals surface area (Å²) < 4.78 is 10.5. The molecule has 0 aliphatic carbocycles. The van der Waals surface area contributed by atoms with Crippen LogP contribution < -0.4 is 4.74 Å². The Kier molecular flexibility index (Phi) is 3.42. The van der Waals surface area contributed by atoms with E-state index < -0.39 is 10.9 Å². The zero-order chi connectivity index (χ0) is 13.1. The number of carboxylic acids is 1. The number of hydrogen-bond donors (Lipinski definition) is 1. The summed E-state index contributed by atoms with van der Waals surface area (Å²) in [5.41, 5.74) is -0.487. The average molecular weight is 253 g/mol. The maximum Gasteiger partial charge on any atom is 0.335 e. The molecule has 18 heavy (non-hydrogen) atoms. The lowest BCUT2D eigenvalue weighted by Crippen LogP contribution is -2.16. The number of ether oxygens (including phenoxy) is 2. The van der Waals surface area contributed by atoms with Crippen LogP contribution in [-0.4, -0.2) is 35.3 Å². The molecule has 1 aromatic rings. The first-order chi connectivity index (χ1) is 8.58. The van der Waals surface area contributed by atoms with Gasteiger partial charge in [0, 0.05) is 12.5 Å². The minimum Gasteiger partial charge on any atom is -0.481 e. The van der Waals surface area contributed by atoms with Crippen molar-refractivity contribution in [2.75, 3.05) is 13.2 Å². The van der Waals surface area contributed by atoms with Crippen molar-refractivity contribution >= 4 is 11.7 Å². The van der Waals surface area contributed by atoms with Crippen LogP contribution in [0.1, 0.15) is 16.8 Å². The maximum atomic E-state index is 10.9. The summed E-state index contributed by atoms with van der Waals surface area (Å²) in [6.45, 7) is 0.948. The number of hydrogen-bond acceptors (Lipinski definition) is 5. The van der Waals surface area contributed by atoms with Crippen LogP contribution in [0.25, 0.3) is 0 Å². The van der Waals surface area contributed by atoms with E-state index in [9.17, 15) is 14.9 Å². The van der Waals surface area contributed by atoms with Crippen molar-refractivity contribution in [2.45, 2.75) is 12.5 Å². The highest BCUT2D eigenvalue weighted by Crippen LogP contribution is 2.30. The molecular formula is C11H11NO6. The van der Waals surface area contributed by atoms with Crippen molar-refractivity contribution in [3.05, 3.63) is 33.9 Å². The van der Waals surface area contributed by atoms with E-state index in [1.54, 1.807) is 0 Å². The minimum absolute atomic E-state index is 0.0699. The van der Waals surface area contributed by atoms with Gasteiger partial charge in [0.1, 0.15) is 6.10 Å². The highest BCUT2D eigenvalue weighted by atomic mass is 16.6. The molecule has 96 valence electrons. The quantitative estimate of drug-likeness (QED) is 0.644. The van der Waals surface area contributed by atoms with Crippen molar-refractivity contribution in [3.63, 3.8) is 0 Å². The normalized spacial score (nSPS) is 18.6. The zero-order valence-electron chi connectivity index (χ0n) is 9.37. The average Bonchev–Trinajstić information content (AvgIpc) is 2.81. The summed E-state index contributed by atoms with van der Waals surface area (Å²) in [5.74, 6) is -1.14. The molecule has 1 atom stereocenters. The monoisotopic (exact) mass is 253 g/mol. The molecule has 0 spiro atoms. The second-order valence-corrected chi connectivity index (χ2v) is 3.85. The van der Waals surface area contributed by atoms with E-state index in [0.29, 0.717) is 19.6 Å². The molecule has 1 unspecified atom stereocenters. The second kappa shape index (κ2) is 5.01. The van der Waals surface area contributed by atoms with Gasteiger partial charge in [0.25, 0.3) is 0 Å². The first-order valence-electron chi connectivity index (χ1n) is 5.34. The summed E-state index contributed by atoms with van der Waals surface area (Å²) in [6.07, 6.45) is 0.442. The van der Waals surface area contributed by atoms with Crippen molar-refractivity contribution in [2.24, 2.45) is 0 Å². The minimum atomic E-state index is -1.21. The molecule has 1 aliphatic rings. The van der Waals surface area contributed by atoms with Crippen molar-refractivity contribution < 1.29 is 24.3 Å². The van der Waals surface area contributed by atoms with Crippen LogP contribution in [0.2, 0.25) is 0 Å². The smallest absolute Gasteiger partial charge is 0.335 e. The molecule has 1 fully saturated rings. The topological polar surface area (TPSA) is 98.9 Å². The summed E-state index contributed by atoms with van der Waals surface area (Å²) in [5, 5.41) is 19.7. The molecule has 0 amide bonds. The van der Waals surface area contributed by atoms with Gasteiger partial charge in [0.15, 0.2) is 5.75 Å². The van der Waals surface area contributed by atoms with E-state index in [2.05, 4.69) is 0 Å². The molecule has 7 nitrogen and oxygen atoms in total. The van der Waals surface area contributed by atoms with Crippen LogP contribution in [0.3, 0.4) is 0 Å². The molecule has 1 aromatic carbocycles.